The van der Waals surface area contributed by atoms with Gasteiger partial charge in [0, 0.05) is 16.3 Å². The molecule has 2 aromatic rings. The van der Waals surface area contributed by atoms with Gasteiger partial charge in [0.25, 0.3) is 5.91 Å². The van der Waals surface area contributed by atoms with Crippen LogP contribution in [0.2, 0.25) is 0 Å². The van der Waals surface area contributed by atoms with Crippen LogP contribution in [-0.4, -0.2) is 18.5 Å². The lowest BCUT2D eigenvalue weighted by atomic mass is 10.2. The first kappa shape index (κ1) is 14.9. The van der Waals surface area contributed by atoms with E-state index in [4.69, 9.17) is 4.74 Å². The summed E-state index contributed by atoms with van der Waals surface area (Å²) in [6, 6.07) is 8.52. The van der Waals surface area contributed by atoms with Gasteiger partial charge in [0.05, 0.1) is 12.3 Å². The highest BCUT2D eigenvalue weighted by Gasteiger charge is 2.16. The van der Waals surface area contributed by atoms with Gasteiger partial charge < -0.3 is 10.1 Å². The Kier molecular flexibility index (Phi) is 4.84. The van der Waals surface area contributed by atoms with E-state index in [-0.39, 0.29) is 17.9 Å². The van der Waals surface area contributed by atoms with Gasteiger partial charge in [-0.2, -0.15) is 0 Å². The highest BCUT2D eigenvalue weighted by atomic mass is 32.1. The molecular formula is C15H13NO4S. The molecule has 0 fully saturated rings. The topological polar surface area (TPSA) is 72.5 Å². The van der Waals surface area contributed by atoms with Crippen molar-refractivity contribution in [2.75, 3.05) is 11.9 Å². The van der Waals surface area contributed by atoms with Crippen LogP contribution in [0.4, 0.5) is 5.69 Å². The number of hydrogen-bond donors (Lipinski definition) is 1. The van der Waals surface area contributed by atoms with E-state index in [0.29, 0.717) is 5.56 Å². The number of carbonyl (C=O) groups excluding carboxylic acids is 2. The number of benzene rings is 1. The van der Waals surface area contributed by atoms with Crippen LogP contribution in [0, 0.1) is 0 Å². The van der Waals surface area contributed by atoms with Gasteiger partial charge >= 0.3 is 5.97 Å². The number of rotatable bonds is 4. The van der Waals surface area contributed by atoms with Crippen molar-refractivity contribution < 1.29 is 14.3 Å². The molecule has 1 N–H and O–H groups in total. The first-order valence-corrected chi connectivity index (χ1v) is 7.21. The first-order valence-electron chi connectivity index (χ1n) is 6.27. The zero-order valence-corrected chi connectivity index (χ0v) is 12.1. The number of carbonyl (C=O) groups is 2. The van der Waals surface area contributed by atoms with Gasteiger partial charge in [0.15, 0.2) is 0 Å². The molecule has 1 amide bonds. The number of amides is 1. The van der Waals surface area contributed by atoms with Crippen molar-refractivity contribution >= 4 is 28.9 Å². The number of nitrogens with one attached hydrogen (secondary N) is 1. The molecular weight excluding hydrogens is 290 g/mol. The molecule has 0 saturated heterocycles. The van der Waals surface area contributed by atoms with Crippen LogP contribution in [0.15, 0.2) is 45.9 Å². The maximum atomic E-state index is 12.1. The maximum Gasteiger partial charge on any atom is 0.343 e. The van der Waals surface area contributed by atoms with Crippen LogP contribution in [0.3, 0.4) is 0 Å². The van der Waals surface area contributed by atoms with E-state index in [9.17, 15) is 14.4 Å². The van der Waals surface area contributed by atoms with Gasteiger partial charge in [-0.05, 0) is 19.1 Å². The molecule has 0 aliphatic heterocycles. The summed E-state index contributed by atoms with van der Waals surface area (Å²) in [6.45, 7) is 1.84. The second-order valence-corrected chi connectivity index (χ2v) is 4.81. The predicted octanol–water partition coefficient (Wildman–Crippen LogP) is 2.54. The van der Waals surface area contributed by atoms with E-state index in [1.54, 1.807) is 37.3 Å². The fourth-order valence-electron chi connectivity index (χ4n) is 1.64. The number of esters is 1. The van der Waals surface area contributed by atoms with Gasteiger partial charge in [0.1, 0.15) is 5.56 Å². The van der Waals surface area contributed by atoms with Crippen LogP contribution >= 0.6 is 11.3 Å². The Bertz CT molecular complexity index is 709. The normalized spacial score (nSPS) is 9.95. The summed E-state index contributed by atoms with van der Waals surface area (Å²) < 4.78 is 4.81. The molecule has 1 aromatic carbocycles. The van der Waals surface area contributed by atoms with Crippen molar-refractivity contribution in [3.05, 3.63) is 62.4 Å². The Hall–Kier alpha value is -2.47. The minimum atomic E-state index is -0.686. The van der Waals surface area contributed by atoms with E-state index < -0.39 is 17.3 Å². The van der Waals surface area contributed by atoms with Crippen molar-refractivity contribution in [2.24, 2.45) is 0 Å². The first-order chi connectivity index (χ1) is 10.1. The average molecular weight is 303 g/mol. The summed E-state index contributed by atoms with van der Waals surface area (Å²) in [4.78, 5) is 35.8. The Morgan fingerprint density at radius 3 is 2.57 bits per heavy atom. The third kappa shape index (κ3) is 3.55. The Labute approximate surface area is 125 Å². The van der Waals surface area contributed by atoms with E-state index in [0.717, 1.165) is 11.3 Å². The SMILES string of the molecule is CCOC(=O)c1cscc(NC(=O)c2ccccc2)c1=O. The lowest BCUT2D eigenvalue weighted by molar-refractivity contribution is 0.0525. The van der Waals surface area contributed by atoms with Crippen molar-refractivity contribution in [2.45, 2.75) is 6.92 Å². The van der Waals surface area contributed by atoms with Crippen molar-refractivity contribution in [1.29, 1.82) is 0 Å². The van der Waals surface area contributed by atoms with Crippen LogP contribution in [-0.2, 0) is 4.74 Å². The molecule has 6 heteroatoms. The average Bonchev–Trinajstić information content (AvgIpc) is 2.50. The minimum Gasteiger partial charge on any atom is -0.462 e. The molecule has 0 atom stereocenters. The highest BCUT2D eigenvalue weighted by molar-refractivity contribution is 7.08. The van der Waals surface area contributed by atoms with E-state index in [1.165, 1.54) is 10.8 Å². The van der Waals surface area contributed by atoms with Gasteiger partial charge in [-0.3, -0.25) is 9.59 Å². The summed E-state index contributed by atoms with van der Waals surface area (Å²) in [6.07, 6.45) is 0. The molecule has 0 aliphatic carbocycles. The van der Waals surface area contributed by atoms with E-state index in [1.807, 2.05) is 0 Å². The summed E-state index contributed by atoms with van der Waals surface area (Å²) in [5.41, 5.74) is -0.118. The number of hydrogen-bond acceptors (Lipinski definition) is 5. The van der Waals surface area contributed by atoms with Gasteiger partial charge in [-0.15, -0.1) is 11.3 Å². The van der Waals surface area contributed by atoms with Crippen LogP contribution in [0.1, 0.15) is 27.6 Å². The smallest absolute Gasteiger partial charge is 0.343 e. The van der Waals surface area contributed by atoms with E-state index in [2.05, 4.69) is 5.32 Å². The third-order valence-electron chi connectivity index (χ3n) is 2.64. The zero-order valence-electron chi connectivity index (χ0n) is 11.3. The van der Waals surface area contributed by atoms with Gasteiger partial charge in [-0.1, -0.05) is 18.2 Å². The maximum absolute atomic E-state index is 12.1. The third-order valence-corrected chi connectivity index (χ3v) is 3.38. The summed E-state index contributed by atoms with van der Waals surface area (Å²) >= 11 is 1.15. The van der Waals surface area contributed by atoms with Crippen LogP contribution < -0.4 is 10.7 Å². The van der Waals surface area contributed by atoms with Gasteiger partial charge in [0.2, 0.25) is 5.43 Å². The van der Waals surface area contributed by atoms with Crippen LogP contribution in [0.25, 0.3) is 0 Å². The molecule has 0 bridgehead atoms. The standard InChI is InChI=1S/C15H13NO4S/c1-2-20-15(19)11-8-21-9-12(13(11)17)16-14(18)10-6-4-3-5-7-10/h3-9H,2H2,1H3,(H,16,18). The minimum absolute atomic E-state index is 0.0689. The molecule has 108 valence electrons. The Morgan fingerprint density at radius 2 is 1.90 bits per heavy atom. The molecule has 0 aliphatic rings. The fourth-order valence-corrected chi connectivity index (χ4v) is 2.35. The molecule has 0 saturated carbocycles. The second-order valence-electron chi connectivity index (χ2n) is 4.07. The van der Waals surface area contributed by atoms with E-state index >= 15 is 0 Å². The Morgan fingerprint density at radius 1 is 1.19 bits per heavy atom. The van der Waals surface area contributed by atoms with Crippen molar-refractivity contribution in [3.8, 4) is 0 Å². The zero-order chi connectivity index (χ0) is 15.2. The molecule has 2 rings (SSSR count). The molecule has 21 heavy (non-hydrogen) atoms. The van der Waals surface area contributed by atoms with Crippen molar-refractivity contribution in [3.63, 3.8) is 0 Å². The number of ether oxygens (including phenoxy) is 1. The highest BCUT2D eigenvalue weighted by Crippen LogP contribution is 2.11. The quantitative estimate of drug-likeness (QED) is 0.881. The summed E-state index contributed by atoms with van der Waals surface area (Å²) in [7, 11) is 0. The second kappa shape index (κ2) is 6.81. The molecule has 0 spiro atoms. The molecule has 5 nitrogen and oxygen atoms in total. The monoisotopic (exact) mass is 303 g/mol. The predicted molar refractivity (Wildman–Crippen MR) is 80.9 cm³/mol. The largest absolute Gasteiger partial charge is 0.462 e. The van der Waals surface area contributed by atoms with Crippen molar-refractivity contribution in [1.82, 2.24) is 0 Å². The Balaban J connectivity index is 2.26. The lowest BCUT2D eigenvalue weighted by Crippen LogP contribution is -2.22. The fraction of sp³-hybridized carbons (Fsp3) is 0.133. The summed E-state index contributed by atoms with van der Waals surface area (Å²) in [5.74, 6) is -1.09. The van der Waals surface area contributed by atoms with Crippen LogP contribution in [0.5, 0.6) is 0 Å². The lowest BCUT2D eigenvalue weighted by Gasteiger charge is -2.06. The molecule has 0 unspecified atom stereocenters. The molecule has 1 heterocycles. The molecule has 1 aromatic heterocycles. The molecule has 0 radical (unpaired) electrons. The summed E-state index contributed by atoms with van der Waals surface area (Å²) in [5, 5.41) is 5.42. The number of anilines is 1. The van der Waals surface area contributed by atoms with Gasteiger partial charge in [-0.25, -0.2) is 4.79 Å².